The molecule has 5 nitrogen and oxygen atoms in total. The lowest BCUT2D eigenvalue weighted by atomic mass is 10.2. The Hall–Kier alpha value is -0.630. The Morgan fingerprint density at radius 3 is 2.58 bits per heavy atom. The van der Waals surface area contributed by atoms with Crippen LogP contribution >= 0.6 is 27.5 Å². The topological polar surface area (TPSA) is 74.7 Å². The largest absolute Gasteiger partial charge is 0.481 e. The molecule has 8 heteroatoms. The highest BCUT2D eigenvalue weighted by Crippen LogP contribution is 2.26. The fourth-order valence-corrected chi connectivity index (χ4v) is 3.31. The molecule has 0 radical (unpaired) electrons. The third-order valence-electron chi connectivity index (χ3n) is 2.55. The van der Waals surface area contributed by atoms with Gasteiger partial charge in [0.15, 0.2) is 0 Å². The molecule has 0 bridgehead atoms. The second-order valence-corrected chi connectivity index (χ2v) is 7.41. The predicted octanol–water partition coefficient (Wildman–Crippen LogP) is 2.44. The Balaban J connectivity index is 3.03. The van der Waals surface area contributed by atoms with Crippen molar-refractivity contribution in [3.63, 3.8) is 0 Å². The minimum atomic E-state index is -3.73. The molecule has 106 valence electrons. The van der Waals surface area contributed by atoms with Gasteiger partial charge in [-0.25, -0.2) is 12.7 Å². The van der Waals surface area contributed by atoms with E-state index in [1.54, 1.807) is 0 Å². The second kappa shape index (κ2) is 6.21. The van der Waals surface area contributed by atoms with E-state index in [4.69, 9.17) is 16.7 Å². The predicted molar refractivity (Wildman–Crippen MR) is 75.8 cm³/mol. The zero-order valence-corrected chi connectivity index (χ0v) is 13.5. The van der Waals surface area contributed by atoms with E-state index in [-0.39, 0.29) is 11.4 Å². The van der Waals surface area contributed by atoms with E-state index in [0.29, 0.717) is 9.50 Å². The van der Waals surface area contributed by atoms with Crippen molar-refractivity contribution in [2.75, 3.05) is 13.6 Å². The van der Waals surface area contributed by atoms with Crippen molar-refractivity contribution in [1.29, 1.82) is 0 Å². The van der Waals surface area contributed by atoms with Gasteiger partial charge in [-0.15, -0.1) is 0 Å². The van der Waals surface area contributed by atoms with Gasteiger partial charge in [0.1, 0.15) is 0 Å². The molecule has 0 spiro atoms. The average Bonchev–Trinajstić information content (AvgIpc) is 2.32. The third kappa shape index (κ3) is 3.92. The van der Waals surface area contributed by atoms with Gasteiger partial charge in [0.05, 0.1) is 15.8 Å². The number of hydrogen-bond acceptors (Lipinski definition) is 3. The fraction of sp³-hybridized carbons (Fsp3) is 0.364. The highest BCUT2D eigenvalue weighted by Gasteiger charge is 2.25. The molecule has 0 fully saturated rings. The number of hydrogen-bond donors (Lipinski definition) is 1. The maximum Gasteiger partial charge on any atom is 0.307 e. The molecule has 19 heavy (non-hydrogen) atoms. The molecule has 0 aliphatic rings. The first-order valence-electron chi connectivity index (χ1n) is 5.30. The van der Waals surface area contributed by atoms with Gasteiger partial charge in [-0.05, 0) is 34.1 Å². The van der Waals surface area contributed by atoms with E-state index < -0.39 is 21.9 Å². The van der Waals surface area contributed by atoms with E-state index >= 15 is 0 Å². The molecule has 1 aromatic carbocycles. The summed E-state index contributed by atoms with van der Waals surface area (Å²) in [5, 5.41) is 9.20. The van der Waals surface area contributed by atoms with Crippen LogP contribution in [0.4, 0.5) is 0 Å². The van der Waals surface area contributed by atoms with Gasteiger partial charge >= 0.3 is 5.97 Å². The summed E-state index contributed by atoms with van der Waals surface area (Å²) in [4.78, 5) is 10.8. The lowest BCUT2D eigenvalue weighted by molar-refractivity contribution is -0.141. The van der Waals surface area contributed by atoms with Gasteiger partial charge in [0.25, 0.3) is 0 Å². The summed E-state index contributed by atoms with van der Waals surface area (Å²) in [5.74, 6) is -1.82. The standard InChI is InChI=1S/C11H13BrClNO4S/c1-7(11(15)16)6-14(2)19(17,18)8-3-4-10(13)9(12)5-8/h3-5,7H,6H2,1-2H3,(H,15,16). The van der Waals surface area contributed by atoms with Gasteiger partial charge in [-0.2, -0.15) is 0 Å². The van der Waals surface area contributed by atoms with Crippen LogP contribution in [0.3, 0.4) is 0 Å². The van der Waals surface area contributed by atoms with Gasteiger partial charge < -0.3 is 5.11 Å². The van der Waals surface area contributed by atoms with Gasteiger partial charge in [-0.1, -0.05) is 18.5 Å². The van der Waals surface area contributed by atoms with Crippen LogP contribution in [0.15, 0.2) is 27.6 Å². The van der Waals surface area contributed by atoms with E-state index in [0.717, 1.165) is 4.31 Å². The molecule has 1 N–H and O–H groups in total. The molecule has 1 rings (SSSR count). The van der Waals surface area contributed by atoms with E-state index in [1.807, 2.05) is 0 Å². The molecule has 0 saturated carbocycles. The Bertz CT molecular complexity index is 590. The molecule has 0 aliphatic carbocycles. The molecular weight excluding hydrogens is 358 g/mol. The monoisotopic (exact) mass is 369 g/mol. The van der Waals surface area contributed by atoms with Crippen LogP contribution in [-0.4, -0.2) is 37.4 Å². The Kier molecular flexibility index (Phi) is 5.37. The summed E-state index contributed by atoms with van der Waals surface area (Å²) in [5.41, 5.74) is 0. The minimum absolute atomic E-state index is 0.0591. The Morgan fingerprint density at radius 1 is 1.53 bits per heavy atom. The van der Waals surface area contributed by atoms with E-state index in [2.05, 4.69) is 15.9 Å². The summed E-state index contributed by atoms with van der Waals surface area (Å²) in [6.45, 7) is 1.35. The van der Waals surface area contributed by atoms with Crippen LogP contribution in [0.25, 0.3) is 0 Å². The summed E-state index contributed by atoms with van der Waals surface area (Å²) in [7, 11) is -2.38. The van der Waals surface area contributed by atoms with Crippen LogP contribution in [0.2, 0.25) is 5.02 Å². The van der Waals surface area contributed by atoms with Crippen molar-refractivity contribution in [3.8, 4) is 0 Å². The van der Waals surface area contributed by atoms with Crippen LogP contribution in [0.5, 0.6) is 0 Å². The van der Waals surface area contributed by atoms with Crippen molar-refractivity contribution in [1.82, 2.24) is 4.31 Å². The number of benzene rings is 1. The highest BCUT2D eigenvalue weighted by molar-refractivity contribution is 9.10. The maximum absolute atomic E-state index is 12.2. The number of halogens is 2. The van der Waals surface area contributed by atoms with Crippen LogP contribution < -0.4 is 0 Å². The molecule has 0 aromatic heterocycles. The first-order valence-corrected chi connectivity index (χ1v) is 7.91. The van der Waals surface area contributed by atoms with Crippen molar-refractivity contribution >= 4 is 43.5 Å². The number of nitrogens with zero attached hydrogens (tertiary/aromatic N) is 1. The Labute approximate surface area is 125 Å². The summed E-state index contributed by atoms with van der Waals surface area (Å²) in [6, 6.07) is 4.23. The summed E-state index contributed by atoms with van der Waals surface area (Å²) < 4.78 is 25.9. The first kappa shape index (κ1) is 16.4. The highest BCUT2D eigenvalue weighted by atomic mass is 79.9. The first-order chi connectivity index (χ1) is 8.66. The van der Waals surface area contributed by atoms with Crippen molar-refractivity contribution in [2.24, 2.45) is 5.92 Å². The maximum atomic E-state index is 12.2. The zero-order valence-electron chi connectivity index (χ0n) is 10.3. The average molecular weight is 371 g/mol. The second-order valence-electron chi connectivity index (χ2n) is 4.10. The smallest absolute Gasteiger partial charge is 0.307 e. The SMILES string of the molecule is CC(CN(C)S(=O)(=O)c1ccc(Cl)c(Br)c1)C(=O)O. The lowest BCUT2D eigenvalue weighted by Gasteiger charge is -2.19. The lowest BCUT2D eigenvalue weighted by Crippen LogP contribution is -2.33. The zero-order chi connectivity index (χ0) is 14.8. The third-order valence-corrected chi connectivity index (χ3v) is 5.59. The molecule has 0 amide bonds. The molecule has 1 unspecified atom stereocenters. The number of sulfonamides is 1. The molecular formula is C11H13BrClNO4S. The number of carbonyl (C=O) groups is 1. The van der Waals surface area contributed by atoms with Crippen LogP contribution in [0.1, 0.15) is 6.92 Å². The quantitative estimate of drug-likeness (QED) is 0.864. The summed E-state index contributed by atoms with van der Waals surface area (Å²) >= 11 is 8.96. The van der Waals surface area contributed by atoms with Crippen molar-refractivity contribution in [2.45, 2.75) is 11.8 Å². The fourth-order valence-electron chi connectivity index (χ4n) is 1.38. The van der Waals surface area contributed by atoms with Gasteiger partial charge in [0, 0.05) is 18.1 Å². The molecule has 0 aliphatic heterocycles. The normalized spacial score (nSPS) is 13.5. The number of aliphatic carboxylic acids is 1. The number of carboxylic acids is 1. The van der Waals surface area contributed by atoms with Crippen molar-refractivity contribution in [3.05, 3.63) is 27.7 Å². The summed E-state index contributed by atoms with van der Waals surface area (Å²) in [6.07, 6.45) is 0. The molecule has 0 heterocycles. The van der Waals surface area contributed by atoms with E-state index in [9.17, 15) is 13.2 Å². The van der Waals surface area contributed by atoms with Gasteiger partial charge in [0.2, 0.25) is 10.0 Å². The Morgan fingerprint density at radius 2 is 2.11 bits per heavy atom. The molecule has 1 atom stereocenters. The van der Waals surface area contributed by atoms with Crippen LogP contribution in [0, 0.1) is 5.92 Å². The number of rotatable bonds is 5. The van der Waals surface area contributed by atoms with Gasteiger partial charge in [-0.3, -0.25) is 4.79 Å². The number of carboxylic acid groups (broad SMARTS) is 1. The molecule has 1 aromatic rings. The minimum Gasteiger partial charge on any atom is -0.481 e. The molecule has 0 saturated heterocycles. The van der Waals surface area contributed by atoms with E-state index in [1.165, 1.54) is 32.2 Å². The van der Waals surface area contributed by atoms with Crippen LogP contribution in [-0.2, 0) is 14.8 Å². The van der Waals surface area contributed by atoms with Crippen molar-refractivity contribution < 1.29 is 18.3 Å².